The molecule has 0 aliphatic heterocycles. The summed E-state index contributed by atoms with van der Waals surface area (Å²) in [5.41, 5.74) is 1.44. The highest BCUT2D eigenvalue weighted by atomic mass is 16.5. The van der Waals surface area contributed by atoms with E-state index in [4.69, 9.17) is 14.2 Å². The number of ether oxygens (including phenoxy) is 4. The third kappa shape index (κ3) is 2.36. The summed E-state index contributed by atoms with van der Waals surface area (Å²) in [6, 6.07) is 3.59. The molecule has 0 saturated heterocycles. The van der Waals surface area contributed by atoms with E-state index in [0.717, 1.165) is 16.6 Å². The Labute approximate surface area is 116 Å². The van der Waals surface area contributed by atoms with Crippen molar-refractivity contribution >= 4 is 16.9 Å². The maximum Gasteiger partial charge on any atom is 0.311 e. The molecule has 0 unspecified atom stereocenters. The fourth-order valence-corrected chi connectivity index (χ4v) is 2.12. The highest BCUT2D eigenvalue weighted by Crippen LogP contribution is 2.41. The minimum atomic E-state index is -0.318. The number of H-pyrrole nitrogens is 1. The van der Waals surface area contributed by atoms with Gasteiger partial charge in [0.05, 0.1) is 40.4 Å². The van der Waals surface area contributed by atoms with Crippen molar-refractivity contribution in [1.29, 1.82) is 0 Å². The van der Waals surface area contributed by atoms with Crippen LogP contribution in [0.1, 0.15) is 5.69 Å². The van der Waals surface area contributed by atoms with Crippen LogP contribution >= 0.6 is 0 Å². The SMILES string of the molecule is COC(=O)Cc1cc2c(OC)cc(OC)c(OC)c2[nH]1. The molecule has 6 heteroatoms. The number of hydrogen-bond donors (Lipinski definition) is 1. The normalized spacial score (nSPS) is 10.4. The lowest BCUT2D eigenvalue weighted by Crippen LogP contribution is -2.04. The van der Waals surface area contributed by atoms with Gasteiger partial charge in [-0.1, -0.05) is 0 Å². The van der Waals surface area contributed by atoms with Gasteiger partial charge in [0.1, 0.15) is 5.75 Å². The Morgan fingerprint density at radius 1 is 1.05 bits per heavy atom. The lowest BCUT2D eigenvalue weighted by molar-refractivity contribution is -0.139. The van der Waals surface area contributed by atoms with E-state index in [2.05, 4.69) is 9.72 Å². The predicted molar refractivity (Wildman–Crippen MR) is 73.7 cm³/mol. The highest BCUT2D eigenvalue weighted by Gasteiger charge is 2.17. The first-order valence-electron chi connectivity index (χ1n) is 6.02. The topological polar surface area (TPSA) is 69.8 Å². The van der Waals surface area contributed by atoms with Gasteiger partial charge < -0.3 is 23.9 Å². The van der Waals surface area contributed by atoms with E-state index in [0.29, 0.717) is 17.2 Å². The van der Waals surface area contributed by atoms with Crippen LogP contribution in [0.25, 0.3) is 10.9 Å². The number of methoxy groups -OCH3 is 4. The molecule has 1 heterocycles. The molecule has 108 valence electrons. The molecule has 0 aliphatic rings. The minimum absolute atomic E-state index is 0.153. The van der Waals surface area contributed by atoms with Crippen LogP contribution in [0, 0.1) is 0 Å². The summed E-state index contributed by atoms with van der Waals surface area (Å²) < 4.78 is 20.7. The maximum absolute atomic E-state index is 11.4. The average Bonchev–Trinajstić information content (AvgIpc) is 2.88. The number of benzene rings is 1. The fourth-order valence-electron chi connectivity index (χ4n) is 2.12. The Morgan fingerprint density at radius 2 is 1.75 bits per heavy atom. The van der Waals surface area contributed by atoms with Crippen LogP contribution in [-0.4, -0.2) is 39.4 Å². The van der Waals surface area contributed by atoms with E-state index in [1.54, 1.807) is 27.4 Å². The number of rotatable bonds is 5. The zero-order chi connectivity index (χ0) is 14.7. The molecule has 0 spiro atoms. The van der Waals surface area contributed by atoms with Crippen LogP contribution in [0.4, 0.5) is 0 Å². The smallest absolute Gasteiger partial charge is 0.311 e. The molecule has 0 atom stereocenters. The molecule has 0 radical (unpaired) electrons. The first kappa shape index (κ1) is 14.0. The summed E-state index contributed by atoms with van der Waals surface area (Å²) >= 11 is 0. The Hall–Kier alpha value is -2.37. The van der Waals surface area contributed by atoms with E-state index in [9.17, 15) is 4.79 Å². The third-order valence-corrected chi connectivity index (χ3v) is 3.06. The van der Waals surface area contributed by atoms with Gasteiger partial charge in [-0.3, -0.25) is 4.79 Å². The summed E-state index contributed by atoms with van der Waals surface area (Å²) in [5.74, 6) is 1.45. The molecule has 0 bridgehead atoms. The Balaban J connectivity index is 2.60. The molecule has 0 saturated carbocycles. The summed E-state index contributed by atoms with van der Waals surface area (Å²) in [4.78, 5) is 14.5. The fraction of sp³-hybridized carbons (Fsp3) is 0.357. The van der Waals surface area contributed by atoms with Gasteiger partial charge >= 0.3 is 5.97 Å². The molecule has 0 amide bonds. The second-order valence-corrected chi connectivity index (χ2v) is 4.15. The van der Waals surface area contributed by atoms with Crippen molar-refractivity contribution in [3.63, 3.8) is 0 Å². The average molecular weight is 279 g/mol. The number of esters is 1. The highest BCUT2D eigenvalue weighted by molar-refractivity contribution is 5.94. The van der Waals surface area contributed by atoms with Gasteiger partial charge in [0.2, 0.25) is 0 Å². The molecule has 6 nitrogen and oxygen atoms in total. The first-order valence-corrected chi connectivity index (χ1v) is 6.02. The van der Waals surface area contributed by atoms with E-state index in [-0.39, 0.29) is 12.4 Å². The van der Waals surface area contributed by atoms with E-state index >= 15 is 0 Å². The molecular formula is C14H17NO5. The number of aromatic amines is 1. The van der Waals surface area contributed by atoms with Gasteiger partial charge in [0.15, 0.2) is 11.5 Å². The molecule has 2 aromatic rings. The lowest BCUT2D eigenvalue weighted by atomic mass is 10.2. The van der Waals surface area contributed by atoms with Crippen LogP contribution in [-0.2, 0) is 16.0 Å². The Bertz CT molecular complexity index is 632. The lowest BCUT2D eigenvalue weighted by Gasteiger charge is -2.11. The molecule has 20 heavy (non-hydrogen) atoms. The maximum atomic E-state index is 11.4. The number of carbonyl (C=O) groups excluding carboxylic acids is 1. The van der Waals surface area contributed by atoms with Crippen molar-refractivity contribution in [1.82, 2.24) is 4.98 Å². The van der Waals surface area contributed by atoms with Gasteiger partial charge in [0.25, 0.3) is 0 Å². The van der Waals surface area contributed by atoms with E-state index < -0.39 is 0 Å². The van der Waals surface area contributed by atoms with Gasteiger partial charge in [-0.2, -0.15) is 0 Å². The quantitative estimate of drug-likeness (QED) is 0.847. The van der Waals surface area contributed by atoms with Crippen LogP contribution in [0.5, 0.6) is 17.2 Å². The van der Waals surface area contributed by atoms with E-state index in [1.807, 2.05) is 6.07 Å². The zero-order valence-corrected chi connectivity index (χ0v) is 11.9. The molecular weight excluding hydrogens is 262 g/mol. The second-order valence-electron chi connectivity index (χ2n) is 4.15. The number of nitrogens with one attached hydrogen (secondary N) is 1. The monoisotopic (exact) mass is 279 g/mol. The molecule has 0 fully saturated rings. The van der Waals surface area contributed by atoms with E-state index in [1.165, 1.54) is 7.11 Å². The number of aromatic nitrogens is 1. The molecule has 2 rings (SSSR count). The predicted octanol–water partition coefficient (Wildman–Crippen LogP) is 1.91. The number of fused-ring (bicyclic) bond motifs is 1. The van der Waals surface area contributed by atoms with Crippen molar-refractivity contribution in [3.8, 4) is 17.2 Å². The third-order valence-electron chi connectivity index (χ3n) is 3.06. The van der Waals surface area contributed by atoms with Crippen LogP contribution in [0.3, 0.4) is 0 Å². The van der Waals surface area contributed by atoms with Gasteiger partial charge in [0, 0.05) is 17.1 Å². The first-order chi connectivity index (χ1) is 9.64. The molecule has 1 N–H and O–H groups in total. The van der Waals surface area contributed by atoms with Crippen molar-refractivity contribution in [2.24, 2.45) is 0 Å². The van der Waals surface area contributed by atoms with Crippen molar-refractivity contribution in [2.75, 3.05) is 28.4 Å². The molecule has 0 aliphatic carbocycles. The molecule has 1 aromatic heterocycles. The summed E-state index contributed by atoms with van der Waals surface area (Å²) in [6.45, 7) is 0. The number of carbonyl (C=O) groups is 1. The van der Waals surface area contributed by atoms with Crippen molar-refractivity contribution in [3.05, 3.63) is 17.8 Å². The van der Waals surface area contributed by atoms with Gasteiger partial charge in [-0.25, -0.2) is 0 Å². The van der Waals surface area contributed by atoms with Gasteiger partial charge in [-0.15, -0.1) is 0 Å². The standard InChI is InChI=1S/C14H17NO5/c1-17-10-7-11(18-2)14(20-4)13-9(10)5-8(15-13)6-12(16)19-3/h5,7,15H,6H2,1-4H3. The van der Waals surface area contributed by atoms with Crippen LogP contribution in [0.2, 0.25) is 0 Å². The zero-order valence-electron chi connectivity index (χ0n) is 11.9. The van der Waals surface area contributed by atoms with Gasteiger partial charge in [-0.05, 0) is 6.07 Å². The largest absolute Gasteiger partial charge is 0.496 e. The number of hydrogen-bond acceptors (Lipinski definition) is 5. The van der Waals surface area contributed by atoms with Crippen molar-refractivity contribution < 1.29 is 23.7 Å². The second kappa shape index (κ2) is 5.73. The summed E-state index contributed by atoms with van der Waals surface area (Å²) in [6.07, 6.45) is 0.153. The Morgan fingerprint density at radius 3 is 2.30 bits per heavy atom. The summed E-state index contributed by atoms with van der Waals surface area (Å²) in [7, 11) is 6.05. The molecule has 1 aromatic carbocycles. The summed E-state index contributed by atoms with van der Waals surface area (Å²) in [5, 5.41) is 0.823. The Kier molecular flexibility index (Phi) is 4.02. The van der Waals surface area contributed by atoms with Crippen LogP contribution in [0.15, 0.2) is 12.1 Å². The van der Waals surface area contributed by atoms with Crippen LogP contribution < -0.4 is 14.2 Å². The van der Waals surface area contributed by atoms with Crippen molar-refractivity contribution in [2.45, 2.75) is 6.42 Å². The minimum Gasteiger partial charge on any atom is -0.496 e.